The summed E-state index contributed by atoms with van der Waals surface area (Å²) in [5.74, 6) is -0.791. The molecule has 2 aromatic rings. The second-order valence-corrected chi connectivity index (χ2v) is 6.39. The molecule has 1 N–H and O–H groups in total. The normalized spacial score (nSPS) is 17.1. The molecule has 140 valence electrons. The number of hydrogen-bond donors (Lipinski definition) is 1. The van der Waals surface area contributed by atoms with E-state index in [-0.39, 0.29) is 16.8 Å². The maximum Gasteiger partial charge on any atom is 0.573 e. The largest absolute Gasteiger partial charge is 0.573 e. The molecule has 0 amide bonds. The summed E-state index contributed by atoms with van der Waals surface area (Å²) in [4.78, 5) is 2.18. The Bertz CT molecular complexity index is 746. The van der Waals surface area contributed by atoms with Gasteiger partial charge in [-0.15, -0.1) is 13.2 Å². The minimum atomic E-state index is -4.73. The number of ether oxygens (including phenoxy) is 1. The van der Waals surface area contributed by atoms with E-state index >= 15 is 0 Å². The van der Waals surface area contributed by atoms with Gasteiger partial charge >= 0.3 is 6.36 Å². The van der Waals surface area contributed by atoms with Crippen molar-refractivity contribution in [2.24, 2.45) is 0 Å². The SMILES string of the molecule is Fc1ccc([C@@H](c2ccc(OC(F)(F)F)cc2)N2CCNCC2)cc1Cl. The third-order valence-electron chi connectivity index (χ3n) is 4.21. The van der Waals surface area contributed by atoms with Crippen molar-refractivity contribution in [1.29, 1.82) is 0 Å². The van der Waals surface area contributed by atoms with Gasteiger partial charge in [0.25, 0.3) is 0 Å². The minimum Gasteiger partial charge on any atom is -0.406 e. The predicted octanol–water partition coefficient (Wildman–Crippen LogP) is 4.37. The second kappa shape index (κ2) is 7.82. The summed E-state index contributed by atoms with van der Waals surface area (Å²) in [6.07, 6.45) is -4.73. The lowest BCUT2D eigenvalue weighted by atomic mass is 9.96. The van der Waals surface area contributed by atoms with Crippen LogP contribution in [-0.2, 0) is 0 Å². The molecule has 0 unspecified atom stereocenters. The first-order chi connectivity index (χ1) is 12.3. The average molecular weight is 389 g/mol. The number of benzene rings is 2. The highest BCUT2D eigenvalue weighted by atomic mass is 35.5. The zero-order chi connectivity index (χ0) is 18.7. The molecular formula is C18H17ClF4N2O. The summed E-state index contributed by atoms with van der Waals surface area (Å²) in [6.45, 7) is 3.09. The van der Waals surface area contributed by atoms with Crippen molar-refractivity contribution in [3.05, 3.63) is 64.4 Å². The smallest absolute Gasteiger partial charge is 0.406 e. The molecule has 1 fully saturated rings. The molecule has 0 saturated carbocycles. The Labute approximate surface area is 153 Å². The fraction of sp³-hybridized carbons (Fsp3) is 0.333. The van der Waals surface area contributed by atoms with E-state index in [9.17, 15) is 17.6 Å². The highest BCUT2D eigenvalue weighted by Gasteiger charge is 2.31. The van der Waals surface area contributed by atoms with Crippen LogP contribution in [0, 0.1) is 5.82 Å². The quantitative estimate of drug-likeness (QED) is 0.787. The van der Waals surface area contributed by atoms with Gasteiger partial charge in [0.15, 0.2) is 0 Å². The van der Waals surface area contributed by atoms with Gasteiger partial charge < -0.3 is 10.1 Å². The zero-order valence-corrected chi connectivity index (χ0v) is 14.4. The number of rotatable bonds is 4. The summed E-state index contributed by atoms with van der Waals surface area (Å²) in [5.41, 5.74) is 1.56. The van der Waals surface area contributed by atoms with E-state index in [1.165, 1.54) is 18.2 Å². The van der Waals surface area contributed by atoms with Crippen LogP contribution in [0.15, 0.2) is 42.5 Å². The van der Waals surface area contributed by atoms with Gasteiger partial charge in [-0.1, -0.05) is 29.8 Å². The van der Waals surface area contributed by atoms with Crippen LogP contribution in [-0.4, -0.2) is 37.4 Å². The van der Waals surface area contributed by atoms with E-state index in [4.69, 9.17) is 11.6 Å². The third kappa shape index (κ3) is 4.66. The van der Waals surface area contributed by atoms with Crippen molar-refractivity contribution < 1.29 is 22.3 Å². The number of nitrogens with one attached hydrogen (secondary N) is 1. The minimum absolute atomic E-state index is 0.0136. The van der Waals surface area contributed by atoms with Crippen molar-refractivity contribution in [2.75, 3.05) is 26.2 Å². The molecule has 3 rings (SSSR count). The Kier molecular flexibility index (Phi) is 5.70. The summed E-state index contributed by atoms with van der Waals surface area (Å²) in [7, 11) is 0. The second-order valence-electron chi connectivity index (χ2n) is 5.98. The number of hydrogen-bond acceptors (Lipinski definition) is 3. The Hall–Kier alpha value is -1.83. The summed E-state index contributed by atoms with van der Waals surface area (Å²) < 4.78 is 54.5. The van der Waals surface area contributed by atoms with Crippen molar-refractivity contribution in [3.63, 3.8) is 0 Å². The van der Waals surface area contributed by atoms with Gasteiger partial charge in [0, 0.05) is 26.2 Å². The summed E-state index contributed by atoms with van der Waals surface area (Å²) in [6, 6.07) is 10.0. The van der Waals surface area contributed by atoms with Crippen LogP contribution in [0.5, 0.6) is 5.75 Å². The van der Waals surface area contributed by atoms with E-state index < -0.39 is 12.2 Å². The number of nitrogens with zero attached hydrogens (tertiary/aromatic N) is 1. The van der Waals surface area contributed by atoms with E-state index in [1.807, 2.05) is 0 Å². The topological polar surface area (TPSA) is 24.5 Å². The molecule has 1 saturated heterocycles. The van der Waals surface area contributed by atoms with Crippen LogP contribution in [0.4, 0.5) is 17.6 Å². The van der Waals surface area contributed by atoms with Gasteiger partial charge in [0.1, 0.15) is 11.6 Å². The molecule has 1 atom stereocenters. The Balaban J connectivity index is 1.93. The molecule has 3 nitrogen and oxygen atoms in total. The molecule has 0 aliphatic carbocycles. The molecule has 8 heteroatoms. The molecule has 0 spiro atoms. The van der Waals surface area contributed by atoms with Crippen LogP contribution in [0.2, 0.25) is 5.02 Å². The lowest BCUT2D eigenvalue weighted by Crippen LogP contribution is -2.45. The fourth-order valence-electron chi connectivity index (χ4n) is 3.09. The average Bonchev–Trinajstić information content (AvgIpc) is 2.59. The molecule has 0 bridgehead atoms. The van der Waals surface area contributed by atoms with Gasteiger partial charge in [0.05, 0.1) is 11.1 Å². The van der Waals surface area contributed by atoms with Gasteiger partial charge in [0.2, 0.25) is 0 Å². The molecule has 1 heterocycles. The van der Waals surface area contributed by atoms with Gasteiger partial charge in [-0.05, 0) is 35.4 Å². The summed E-state index contributed by atoms with van der Waals surface area (Å²) >= 11 is 5.93. The zero-order valence-electron chi connectivity index (χ0n) is 13.7. The molecule has 0 aromatic heterocycles. The maximum absolute atomic E-state index is 13.5. The standard InChI is InChI=1S/C18H17ClF4N2O/c19-15-11-13(3-6-16(15)20)17(25-9-7-24-8-10-25)12-1-4-14(5-2-12)26-18(21,22)23/h1-6,11,17,24H,7-10H2/t17-/m1/s1. The maximum atomic E-state index is 13.5. The molecule has 1 aliphatic heterocycles. The Morgan fingerprint density at radius 2 is 1.62 bits per heavy atom. The number of alkyl halides is 3. The fourth-order valence-corrected chi connectivity index (χ4v) is 3.28. The lowest BCUT2D eigenvalue weighted by molar-refractivity contribution is -0.274. The first kappa shape index (κ1) is 18.9. The van der Waals surface area contributed by atoms with E-state index in [0.29, 0.717) is 0 Å². The van der Waals surface area contributed by atoms with Crippen LogP contribution in [0.25, 0.3) is 0 Å². The highest BCUT2D eigenvalue weighted by Crippen LogP contribution is 2.33. The lowest BCUT2D eigenvalue weighted by Gasteiger charge is -2.35. The first-order valence-corrected chi connectivity index (χ1v) is 8.47. The van der Waals surface area contributed by atoms with Gasteiger partial charge in [-0.2, -0.15) is 0 Å². The monoisotopic (exact) mass is 388 g/mol. The number of halogens is 5. The van der Waals surface area contributed by atoms with Gasteiger partial charge in [-0.3, -0.25) is 4.90 Å². The summed E-state index contributed by atoms with van der Waals surface area (Å²) in [5, 5.41) is 3.27. The molecular weight excluding hydrogens is 372 g/mol. The van der Waals surface area contributed by atoms with Gasteiger partial charge in [-0.25, -0.2) is 4.39 Å². The van der Waals surface area contributed by atoms with Crippen molar-refractivity contribution in [2.45, 2.75) is 12.4 Å². The van der Waals surface area contributed by atoms with Crippen LogP contribution in [0.3, 0.4) is 0 Å². The molecule has 26 heavy (non-hydrogen) atoms. The van der Waals surface area contributed by atoms with E-state index in [1.54, 1.807) is 24.3 Å². The van der Waals surface area contributed by atoms with Crippen LogP contribution >= 0.6 is 11.6 Å². The van der Waals surface area contributed by atoms with E-state index in [2.05, 4.69) is 15.0 Å². The van der Waals surface area contributed by atoms with Crippen LogP contribution < -0.4 is 10.1 Å². The number of piperazine rings is 1. The van der Waals surface area contributed by atoms with Crippen molar-refractivity contribution >= 4 is 11.6 Å². The highest BCUT2D eigenvalue weighted by molar-refractivity contribution is 6.30. The Morgan fingerprint density at radius 1 is 1.00 bits per heavy atom. The van der Waals surface area contributed by atoms with Crippen molar-refractivity contribution in [1.82, 2.24) is 10.2 Å². The first-order valence-electron chi connectivity index (χ1n) is 8.09. The van der Waals surface area contributed by atoms with E-state index in [0.717, 1.165) is 37.3 Å². The van der Waals surface area contributed by atoms with Crippen LogP contribution in [0.1, 0.15) is 17.2 Å². The predicted molar refractivity (Wildman–Crippen MR) is 90.8 cm³/mol. The third-order valence-corrected chi connectivity index (χ3v) is 4.50. The Morgan fingerprint density at radius 3 is 2.19 bits per heavy atom. The van der Waals surface area contributed by atoms with Crippen molar-refractivity contribution in [3.8, 4) is 5.75 Å². The molecule has 1 aliphatic rings. The molecule has 0 radical (unpaired) electrons. The molecule has 2 aromatic carbocycles.